The van der Waals surface area contributed by atoms with E-state index in [1.165, 1.54) is 11.1 Å². The Kier molecular flexibility index (Phi) is 8.10. The molecule has 0 bridgehead atoms. The summed E-state index contributed by atoms with van der Waals surface area (Å²) in [5, 5.41) is 19.2. The summed E-state index contributed by atoms with van der Waals surface area (Å²) in [5.74, 6) is -1.43. The number of likely N-dealkylation sites (N-methyl/N-ethyl adjacent to an activating group) is 1. The number of halogens is 3. The predicted molar refractivity (Wildman–Crippen MR) is 128 cm³/mol. The number of methoxy groups -OCH3 is 1. The monoisotopic (exact) mass is 523 g/mol. The highest BCUT2D eigenvalue weighted by Gasteiger charge is 2.38. The maximum absolute atomic E-state index is 10.6. The van der Waals surface area contributed by atoms with Gasteiger partial charge in [0.2, 0.25) is 5.95 Å². The fourth-order valence-electron chi connectivity index (χ4n) is 4.11. The van der Waals surface area contributed by atoms with Crippen LogP contribution >= 0.6 is 0 Å². The Labute approximate surface area is 210 Å². The lowest BCUT2D eigenvalue weighted by atomic mass is 9.99. The van der Waals surface area contributed by atoms with Gasteiger partial charge in [0.05, 0.1) is 43.6 Å². The summed E-state index contributed by atoms with van der Waals surface area (Å²) in [6, 6.07) is 4.27. The molecule has 200 valence electrons. The van der Waals surface area contributed by atoms with E-state index >= 15 is 0 Å². The summed E-state index contributed by atoms with van der Waals surface area (Å²) in [4.78, 5) is 20.4. The molecule has 5 rings (SSSR count). The quantitative estimate of drug-likeness (QED) is 0.458. The number of fused-ring (bicyclic) bond motifs is 2. The van der Waals surface area contributed by atoms with E-state index in [1.54, 1.807) is 19.5 Å². The van der Waals surface area contributed by atoms with Crippen molar-refractivity contribution in [3.8, 4) is 5.75 Å². The summed E-state index contributed by atoms with van der Waals surface area (Å²) in [6.45, 7) is 5.08. The van der Waals surface area contributed by atoms with E-state index in [2.05, 4.69) is 44.8 Å². The van der Waals surface area contributed by atoms with Gasteiger partial charge < -0.3 is 30.1 Å². The van der Waals surface area contributed by atoms with Crippen molar-refractivity contribution in [2.24, 2.45) is 0 Å². The number of nitrogens with zero attached hydrogens (tertiary/aromatic N) is 5. The highest BCUT2D eigenvalue weighted by atomic mass is 19.4. The number of hydrogen-bond donors (Lipinski definition) is 3. The minimum Gasteiger partial charge on any atom is -0.495 e. The molecule has 1 atom stereocenters. The zero-order chi connectivity index (χ0) is 26.6. The molecule has 2 aliphatic rings. The van der Waals surface area contributed by atoms with E-state index < -0.39 is 12.1 Å². The fraction of sp³-hybridized carbons (Fsp3) is 0.478. The van der Waals surface area contributed by atoms with E-state index in [4.69, 9.17) is 24.4 Å². The summed E-state index contributed by atoms with van der Waals surface area (Å²) in [6.07, 6.45) is -0.370. The number of benzene rings is 1. The molecule has 2 aromatic heterocycles. The van der Waals surface area contributed by atoms with Crippen LogP contribution in [0.4, 0.5) is 24.8 Å². The van der Waals surface area contributed by atoms with Crippen LogP contribution in [0.15, 0.2) is 24.5 Å². The molecule has 0 saturated carbocycles. The number of ether oxygens (including phenoxy) is 2. The molecule has 3 aromatic rings. The summed E-state index contributed by atoms with van der Waals surface area (Å²) in [5.41, 5.74) is 4.31. The van der Waals surface area contributed by atoms with Gasteiger partial charge in [-0.2, -0.15) is 23.3 Å². The number of morpholine rings is 1. The largest absolute Gasteiger partial charge is 0.495 e. The van der Waals surface area contributed by atoms with Crippen LogP contribution in [0.1, 0.15) is 11.1 Å². The fourth-order valence-corrected chi connectivity index (χ4v) is 4.11. The molecule has 0 amide bonds. The molecule has 1 saturated heterocycles. The van der Waals surface area contributed by atoms with Gasteiger partial charge in [-0.05, 0) is 36.7 Å². The zero-order valence-electron chi connectivity index (χ0n) is 20.4. The van der Waals surface area contributed by atoms with E-state index in [0.29, 0.717) is 12.5 Å². The SMILES string of the molecule is COc1cc2c(cc1Nc1ncc3cnn(C[C@H]4CNCCO4)c3n1)CN(C)CC2.O=C(O)C(F)(F)F. The lowest BCUT2D eigenvalue weighted by Crippen LogP contribution is -2.40. The minimum absolute atomic E-state index is 0.0888. The molecular weight excluding hydrogens is 495 g/mol. The first kappa shape index (κ1) is 26.6. The van der Waals surface area contributed by atoms with Crippen LogP contribution in [0.2, 0.25) is 0 Å². The van der Waals surface area contributed by atoms with Gasteiger partial charge in [0.1, 0.15) is 5.75 Å². The Hall–Kier alpha value is -3.49. The number of hydrogen-bond acceptors (Lipinski definition) is 9. The van der Waals surface area contributed by atoms with E-state index in [1.807, 2.05) is 4.68 Å². The average Bonchev–Trinajstić information content (AvgIpc) is 3.26. The van der Waals surface area contributed by atoms with Gasteiger partial charge in [0.15, 0.2) is 5.65 Å². The Morgan fingerprint density at radius 1 is 1.32 bits per heavy atom. The zero-order valence-corrected chi connectivity index (χ0v) is 20.4. The summed E-state index contributed by atoms with van der Waals surface area (Å²) in [7, 11) is 3.84. The molecule has 2 aliphatic heterocycles. The Morgan fingerprint density at radius 2 is 2.11 bits per heavy atom. The maximum atomic E-state index is 10.6. The number of alkyl halides is 3. The van der Waals surface area contributed by atoms with Crippen molar-refractivity contribution >= 4 is 28.6 Å². The van der Waals surface area contributed by atoms with E-state index in [0.717, 1.165) is 61.7 Å². The Morgan fingerprint density at radius 3 is 2.78 bits per heavy atom. The topological polar surface area (TPSA) is 127 Å². The van der Waals surface area contributed by atoms with Crippen molar-refractivity contribution in [2.75, 3.05) is 45.7 Å². The number of aliphatic carboxylic acids is 1. The van der Waals surface area contributed by atoms with Crippen LogP contribution in [0.5, 0.6) is 5.75 Å². The third kappa shape index (κ3) is 6.64. The second-order valence-corrected chi connectivity index (χ2v) is 8.73. The van der Waals surface area contributed by atoms with Crippen molar-refractivity contribution < 1.29 is 32.5 Å². The molecule has 14 heteroatoms. The van der Waals surface area contributed by atoms with Crippen LogP contribution in [-0.2, 0) is 29.0 Å². The number of carboxylic acid groups (broad SMARTS) is 1. The van der Waals surface area contributed by atoms with Gasteiger partial charge in [-0.1, -0.05) is 0 Å². The van der Waals surface area contributed by atoms with Gasteiger partial charge in [0.25, 0.3) is 0 Å². The second-order valence-electron chi connectivity index (χ2n) is 8.73. The molecule has 1 aromatic carbocycles. The third-order valence-corrected chi connectivity index (χ3v) is 5.97. The first-order valence-corrected chi connectivity index (χ1v) is 11.6. The van der Waals surface area contributed by atoms with Gasteiger partial charge in [0, 0.05) is 32.4 Å². The lowest BCUT2D eigenvalue weighted by molar-refractivity contribution is -0.192. The molecule has 0 spiro atoms. The van der Waals surface area contributed by atoms with Crippen LogP contribution in [0.3, 0.4) is 0 Å². The van der Waals surface area contributed by atoms with Crippen molar-refractivity contribution in [1.29, 1.82) is 0 Å². The molecule has 37 heavy (non-hydrogen) atoms. The Balaban J connectivity index is 0.000000405. The first-order valence-electron chi connectivity index (χ1n) is 11.6. The molecule has 11 nitrogen and oxygen atoms in total. The molecule has 1 fully saturated rings. The van der Waals surface area contributed by atoms with Crippen molar-refractivity contribution in [3.63, 3.8) is 0 Å². The molecule has 3 N–H and O–H groups in total. The van der Waals surface area contributed by atoms with Crippen molar-refractivity contribution in [1.82, 2.24) is 30.0 Å². The van der Waals surface area contributed by atoms with Gasteiger partial charge >= 0.3 is 12.1 Å². The van der Waals surface area contributed by atoms with Crippen molar-refractivity contribution in [3.05, 3.63) is 35.7 Å². The number of anilines is 2. The minimum atomic E-state index is -5.08. The summed E-state index contributed by atoms with van der Waals surface area (Å²) < 4.78 is 45.1. The molecule has 0 radical (unpaired) electrons. The van der Waals surface area contributed by atoms with Crippen LogP contribution < -0.4 is 15.4 Å². The number of carbonyl (C=O) groups is 1. The number of rotatable bonds is 5. The smallest absolute Gasteiger partial charge is 0.490 e. The second kappa shape index (κ2) is 11.3. The molecular formula is C23H28F3N7O4. The van der Waals surface area contributed by atoms with E-state index in [9.17, 15) is 13.2 Å². The molecule has 4 heterocycles. The molecule has 0 unspecified atom stereocenters. The van der Waals surface area contributed by atoms with Crippen molar-refractivity contribution in [2.45, 2.75) is 31.8 Å². The summed E-state index contributed by atoms with van der Waals surface area (Å²) >= 11 is 0. The highest BCUT2D eigenvalue weighted by Crippen LogP contribution is 2.33. The first-order chi connectivity index (χ1) is 17.6. The van der Waals surface area contributed by atoms with Gasteiger partial charge in [-0.15, -0.1) is 0 Å². The number of carboxylic acids is 1. The average molecular weight is 524 g/mol. The third-order valence-electron chi connectivity index (χ3n) is 5.97. The van der Waals surface area contributed by atoms with Crippen LogP contribution in [0.25, 0.3) is 11.0 Å². The Bertz CT molecular complexity index is 1250. The molecule has 0 aliphatic carbocycles. The van der Waals surface area contributed by atoms with Gasteiger partial charge in [-0.3, -0.25) is 0 Å². The number of aromatic nitrogens is 4. The van der Waals surface area contributed by atoms with Gasteiger partial charge in [-0.25, -0.2) is 14.5 Å². The van der Waals surface area contributed by atoms with Crippen LogP contribution in [-0.4, -0.2) is 88.4 Å². The highest BCUT2D eigenvalue weighted by molar-refractivity contribution is 5.76. The lowest BCUT2D eigenvalue weighted by Gasteiger charge is -2.26. The predicted octanol–water partition coefficient (Wildman–Crippen LogP) is 2.19. The standard InChI is InChI=1S/C21H27N7O2.C2HF3O2/c1-27-5-3-14-8-19(29-2)18(7-15(14)12-27)25-21-23-9-16-10-24-28(20(16)26-21)13-17-11-22-4-6-30-17;3-2(4,5)1(6)7/h7-10,17,22H,3-6,11-13H2,1-2H3,(H,23,25,26);(H,6,7)/t17-;/m1./s1. The van der Waals surface area contributed by atoms with E-state index in [-0.39, 0.29) is 6.10 Å². The normalized spacial score (nSPS) is 18.0. The van der Waals surface area contributed by atoms with Crippen LogP contribution in [0, 0.1) is 0 Å². The number of nitrogens with one attached hydrogen (secondary N) is 2. The maximum Gasteiger partial charge on any atom is 0.490 e.